The highest BCUT2D eigenvalue weighted by molar-refractivity contribution is 4.76. The van der Waals surface area contributed by atoms with Crippen LogP contribution in [-0.4, -0.2) is 41.9 Å². The lowest BCUT2D eigenvalue weighted by Crippen LogP contribution is -2.35. The molecule has 0 amide bonds. The Morgan fingerprint density at radius 1 is 0.850 bits per heavy atom. The van der Waals surface area contributed by atoms with Crippen LogP contribution in [0.2, 0.25) is 0 Å². The van der Waals surface area contributed by atoms with E-state index in [0.29, 0.717) is 0 Å². The normalized spacial score (nSPS) is 15.6. The number of hydrogen-bond donors (Lipinski definition) is 2. The van der Waals surface area contributed by atoms with Crippen LogP contribution < -0.4 is 0 Å². The standard InChI is InChI=1S/C16H34O4/c1-6-13(7-2)19-15(12-18)20-14(11-17)10-16(5,8-3)9-4/h13-15,17-18H,6-12H2,1-5H3. The first-order chi connectivity index (χ1) is 9.48. The van der Waals surface area contributed by atoms with E-state index in [9.17, 15) is 10.2 Å². The average Bonchev–Trinajstić information content (AvgIpc) is 2.49. The molecule has 0 aromatic rings. The van der Waals surface area contributed by atoms with Crippen LogP contribution >= 0.6 is 0 Å². The van der Waals surface area contributed by atoms with Gasteiger partial charge < -0.3 is 19.7 Å². The summed E-state index contributed by atoms with van der Waals surface area (Å²) >= 11 is 0. The Kier molecular flexibility index (Phi) is 10.5. The number of ether oxygens (including phenoxy) is 2. The van der Waals surface area contributed by atoms with Crippen molar-refractivity contribution >= 4 is 0 Å². The minimum Gasteiger partial charge on any atom is -0.394 e. The van der Waals surface area contributed by atoms with Crippen molar-refractivity contribution in [2.45, 2.75) is 85.2 Å². The van der Waals surface area contributed by atoms with Gasteiger partial charge in [-0.2, -0.15) is 0 Å². The molecular formula is C16H34O4. The first-order valence-corrected chi connectivity index (χ1v) is 8.01. The van der Waals surface area contributed by atoms with Gasteiger partial charge in [0.15, 0.2) is 6.29 Å². The molecule has 0 spiro atoms. The molecule has 0 bridgehead atoms. The summed E-state index contributed by atoms with van der Waals surface area (Å²) < 4.78 is 11.5. The number of rotatable bonds is 12. The van der Waals surface area contributed by atoms with Crippen LogP contribution in [0.1, 0.15) is 66.7 Å². The lowest BCUT2D eigenvalue weighted by atomic mass is 9.79. The van der Waals surface area contributed by atoms with Gasteiger partial charge in [-0.3, -0.25) is 0 Å². The van der Waals surface area contributed by atoms with Crippen molar-refractivity contribution in [2.24, 2.45) is 5.41 Å². The van der Waals surface area contributed by atoms with E-state index in [1.165, 1.54) is 0 Å². The lowest BCUT2D eigenvalue weighted by Gasteiger charge is -2.33. The maximum absolute atomic E-state index is 9.51. The monoisotopic (exact) mass is 290 g/mol. The van der Waals surface area contributed by atoms with E-state index in [1.54, 1.807) is 0 Å². The fourth-order valence-corrected chi connectivity index (χ4v) is 2.27. The van der Waals surface area contributed by atoms with E-state index >= 15 is 0 Å². The fraction of sp³-hybridized carbons (Fsp3) is 1.00. The Labute approximate surface area is 124 Å². The van der Waals surface area contributed by atoms with Gasteiger partial charge in [-0.25, -0.2) is 0 Å². The maximum Gasteiger partial charge on any atom is 0.181 e. The van der Waals surface area contributed by atoms with Crippen LogP contribution in [0, 0.1) is 5.41 Å². The summed E-state index contributed by atoms with van der Waals surface area (Å²) in [6.45, 7) is 10.4. The molecule has 0 aliphatic rings. The second-order valence-corrected chi connectivity index (χ2v) is 5.85. The van der Waals surface area contributed by atoms with Crippen molar-refractivity contribution in [1.82, 2.24) is 0 Å². The molecule has 0 aromatic heterocycles. The molecule has 0 rings (SSSR count). The lowest BCUT2D eigenvalue weighted by molar-refractivity contribution is -0.220. The van der Waals surface area contributed by atoms with Gasteiger partial charge in [0.25, 0.3) is 0 Å². The van der Waals surface area contributed by atoms with Crippen LogP contribution in [0.3, 0.4) is 0 Å². The third kappa shape index (κ3) is 7.02. The number of aliphatic hydroxyl groups excluding tert-OH is 2. The molecule has 0 saturated carbocycles. The van der Waals surface area contributed by atoms with E-state index in [-0.39, 0.29) is 30.8 Å². The summed E-state index contributed by atoms with van der Waals surface area (Å²) in [5.74, 6) is 0. The smallest absolute Gasteiger partial charge is 0.181 e. The quantitative estimate of drug-likeness (QED) is 0.542. The van der Waals surface area contributed by atoms with E-state index in [4.69, 9.17) is 9.47 Å². The van der Waals surface area contributed by atoms with Crippen LogP contribution in [0.4, 0.5) is 0 Å². The Hall–Kier alpha value is -0.160. The summed E-state index contributed by atoms with van der Waals surface area (Å²) in [5.41, 5.74) is 0.155. The van der Waals surface area contributed by atoms with Crippen LogP contribution in [0.15, 0.2) is 0 Å². The van der Waals surface area contributed by atoms with E-state index in [2.05, 4.69) is 34.6 Å². The molecule has 0 aliphatic carbocycles. The largest absolute Gasteiger partial charge is 0.394 e. The molecule has 4 nitrogen and oxygen atoms in total. The zero-order valence-corrected chi connectivity index (χ0v) is 13.9. The Morgan fingerprint density at radius 2 is 1.35 bits per heavy atom. The SMILES string of the molecule is CCC(CC)OC(CO)OC(CO)CC(C)(CC)CC. The van der Waals surface area contributed by atoms with Crippen LogP contribution in [-0.2, 0) is 9.47 Å². The Morgan fingerprint density at radius 3 is 1.70 bits per heavy atom. The molecule has 0 aromatic carbocycles. The molecule has 2 unspecified atom stereocenters. The second-order valence-electron chi connectivity index (χ2n) is 5.85. The average molecular weight is 290 g/mol. The number of aliphatic hydroxyl groups is 2. The second kappa shape index (κ2) is 10.6. The van der Waals surface area contributed by atoms with Crippen LogP contribution in [0.25, 0.3) is 0 Å². The van der Waals surface area contributed by atoms with Gasteiger partial charge in [0, 0.05) is 0 Å². The zero-order valence-electron chi connectivity index (χ0n) is 13.9. The van der Waals surface area contributed by atoms with Crippen molar-refractivity contribution in [1.29, 1.82) is 0 Å². The molecule has 0 aliphatic heterocycles. The first-order valence-electron chi connectivity index (χ1n) is 8.01. The molecule has 0 saturated heterocycles. The fourth-order valence-electron chi connectivity index (χ4n) is 2.27. The number of hydrogen-bond acceptors (Lipinski definition) is 4. The molecule has 0 heterocycles. The Balaban J connectivity index is 4.50. The predicted octanol–water partition coefficient (Wildman–Crippen LogP) is 3.10. The summed E-state index contributed by atoms with van der Waals surface area (Å²) in [6, 6.07) is 0. The highest BCUT2D eigenvalue weighted by atomic mass is 16.7. The van der Waals surface area contributed by atoms with Crippen LogP contribution in [0.5, 0.6) is 0 Å². The zero-order chi connectivity index (χ0) is 15.6. The highest BCUT2D eigenvalue weighted by Gasteiger charge is 2.27. The van der Waals surface area contributed by atoms with Gasteiger partial charge in [-0.15, -0.1) is 0 Å². The Bertz CT molecular complexity index is 225. The molecule has 122 valence electrons. The maximum atomic E-state index is 9.51. The minimum atomic E-state index is -0.644. The highest BCUT2D eigenvalue weighted by Crippen LogP contribution is 2.32. The molecule has 20 heavy (non-hydrogen) atoms. The van der Waals surface area contributed by atoms with E-state index in [1.807, 2.05) is 0 Å². The topological polar surface area (TPSA) is 58.9 Å². The molecule has 0 radical (unpaired) electrons. The van der Waals surface area contributed by atoms with Gasteiger partial charge >= 0.3 is 0 Å². The van der Waals surface area contributed by atoms with Crippen molar-refractivity contribution in [3.8, 4) is 0 Å². The summed E-state index contributed by atoms with van der Waals surface area (Å²) in [6.07, 6.45) is 3.81. The summed E-state index contributed by atoms with van der Waals surface area (Å²) in [5, 5.41) is 18.9. The molecule has 4 heteroatoms. The molecule has 0 fully saturated rings. The van der Waals surface area contributed by atoms with Crippen molar-refractivity contribution in [3.63, 3.8) is 0 Å². The van der Waals surface area contributed by atoms with Gasteiger partial charge in [0.2, 0.25) is 0 Å². The third-order valence-corrected chi connectivity index (χ3v) is 4.38. The first kappa shape index (κ1) is 19.8. The molecule has 2 atom stereocenters. The third-order valence-electron chi connectivity index (χ3n) is 4.38. The van der Waals surface area contributed by atoms with Crippen molar-refractivity contribution in [2.75, 3.05) is 13.2 Å². The predicted molar refractivity (Wildman–Crippen MR) is 81.6 cm³/mol. The molecule has 2 N–H and O–H groups in total. The summed E-state index contributed by atoms with van der Waals surface area (Å²) in [4.78, 5) is 0. The van der Waals surface area contributed by atoms with Gasteiger partial charge in [-0.1, -0.05) is 47.5 Å². The van der Waals surface area contributed by atoms with Gasteiger partial charge in [0.05, 0.1) is 25.4 Å². The molecular weight excluding hydrogens is 256 g/mol. The summed E-state index contributed by atoms with van der Waals surface area (Å²) in [7, 11) is 0. The van der Waals surface area contributed by atoms with Crippen molar-refractivity contribution in [3.05, 3.63) is 0 Å². The van der Waals surface area contributed by atoms with E-state index < -0.39 is 6.29 Å². The van der Waals surface area contributed by atoms with E-state index in [0.717, 1.165) is 32.1 Å². The van der Waals surface area contributed by atoms with Gasteiger partial charge in [-0.05, 0) is 24.7 Å². The van der Waals surface area contributed by atoms with Gasteiger partial charge in [0.1, 0.15) is 0 Å². The van der Waals surface area contributed by atoms with Crippen molar-refractivity contribution < 1.29 is 19.7 Å². The minimum absolute atomic E-state index is 0.0433.